The third-order valence-corrected chi connectivity index (χ3v) is 7.38. The molecule has 40 heavy (non-hydrogen) atoms. The van der Waals surface area contributed by atoms with Crippen LogP contribution in [-0.2, 0) is 30.8 Å². The summed E-state index contributed by atoms with van der Waals surface area (Å²) in [6.45, 7) is 6.08. The summed E-state index contributed by atoms with van der Waals surface area (Å²) in [6.07, 6.45) is 1.59. The van der Waals surface area contributed by atoms with E-state index in [0.717, 1.165) is 5.56 Å². The summed E-state index contributed by atoms with van der Waals surface area (Å²) in [5.74, 6) is -2.11. The summed E-state index contributed by atoms with van der Waals surface area (Å²) >= 11 is 5.87. The van der Waals surface area contributed by atoms with E-state index < -0.39 is 45.2 Å². The van der Waals surface area contributed by atoms with Gasteiger partial charge in [0.2, 0.25) is 21.8 Å². The van der Waals surface area contributed by atoms with E-state index >= 15 is 0 Å². The molecule has 2 atom stereocenters. The first-order valence-electron chi connectivity index (χ1n) is 13.0. The lowest BCUT2D eigenvalue weighted by Crippen LogP contribution is -2.55. The molecular formula is C28H38ClN3O7S. The van der Waals surface area contributed by atoms with Gasteiger partial charge in [-0.25, -0.2) is 13.6 Å². The van der Waals surface area contributed by atoms with Gasteiger partial charge in [-0.3, -0.25) is 14.4 Å². The van der Waals surface area contributed by atoms with Crippen LogP contribution in [0.4, 0.5) is 0 Å². The van der Waals surface area contributed by atoms with Gasteiger partial charge >= 0.3 is 5.97 Å². The van der Waals surface area contributed by atoms with Crippen LogP contribution in [-0.4, -0.2) is 50.5 Å². The average molecular weight is 596 g/mol. The highest BCUT2D eigenvalue weighted by Gasteiger charge is 2.34. The van der Waals surface area contributed by atoms with Crippen molar-refractivity contribution in [2.24, 2.45) is 16.5 Å². The Kier molecular flexibility index (Phi) is 12.4. The van der Waals surface area contributed by atoms with Gasteiger partial charge in [0.25, 0.3) is 0 Å². The average Bonchev–Trinajstić information content (AvgIpc) is 2.86. The van der Waals surface area contributed by atoms with Crippen molar-refractivity contribution in [1.29, 1.82) is 0 Å². The first kappa shape index (κ1) is 33.1. The molecule has 0 bridgehead atoms. The number of halogens is 1. The maximum absolute atomic E-state index is 13.1. The third-order valence-electron chi connectivity index (χ3n) is 6.20. The first-order valence-corrected chi connectivity index (χ1v) is 14.9. The molecule has 220 valence electrons. The van der Waals surface area contributed by atoms with Crippen LogP contribution in [0.3, 0.4) is 0 Å². The normalized spacial score (nSPS) is 13.2. The Morgan fingerprint density at radius 2 is 1.62 bits per heavy atom. The van der Waals surface area contributed by atoms with Crippen LogP contribution in [0, 0.1) is 11.3 Å². The van der Waals surface area contributed by atoms with Crippen LogP contribution in [0.25, 0.3) is 0 Å². The van der Waals surface area contributed by atoms with Gasteiger partial charge in [-0.15, -0.1) is 0 Å². The Bertz CT molecular complexity index is 1240. The Balaban J connectivity index is 1.91. The molecule has 0 heterocycles. The van der Waals surface area contributed by atoms with Crippen LogP contribution < -0.4 is 20.5 Å². The molecule has 0 aliphatic rings. The highest BCUT2D eigenvalue weighted by molar-refractivity contribution is 7.89. The van der Waals surface area contributed by atoms with E-state index in [0.29, 0.717) is 43.1 Å². The van der Waals surface area contributed by atoms with Gasteiger partial charge in [0.15, 0.2) is 0 Å². The number of unbranched alkanes of at least 4 members (excludes halogenated alkanes) is 1. The summed E-state index contributed by atoms with van der Waals surface area (Å²) in [5, 5.41) is 20.7. The summed E-state index contributed by atoms with van der Waals surface area (Å²) in [7, 11) is -3.79. The van der Waals surface area contributed by atoms with Crippen molar-refractivity contribution in [3.63, 3.8) is 0 Å². The molecule has 0 aliphatic heterocycles. The molecule has 2 amide bonds. The van der Waals surface area contributed by atoms with Gasteiger partial charge < -0.3 is 20.5 Å². The van der Waals surface area contributed by atoms with E-state index in [4.69, 9.17) is 21.5 Å². The van der Waals surface area contributed by atoms with Crippen molar-refractivity contribution in [2.45, 2.75) is 63.8 Å². The van der Waals surface area contributed by atoms with Gasteiger partial charge in [0.1, 0.15) is 11.8 Å². The summed E-state index contributed by atoms with van der Waals surface area (Å²) in [5.41, 5.74) is 0.155. The van der Waals surface area contributed by atoms with Crippen molar-refractivity contribution in [3.05, 3.63) is 59.1 Å². The molecule has 0 aromatic heterocycles. The molecule has 2 aromatic rings. The fraction of sp³-hybridized carbons (Fsp3) is 0.464. The Hall–Kier alpha value is -3.15. The second-order valence-electron chi connectivity index (χ2n) is 10.6. The SMILES string of the molecule is CC(C)(C)[C@H](NC(=O)[C@H](CCCCOc1ccc(Cl)cc1)CC(=O)O)C(=O)NCCc1ccc(S(N)(=O)=O)cc1. The first-order chi connectivity index (χ1) is 18.7. The van der Waals surface area contributed by atoms with E-state index in [2.05, 4.69) is 10.6 Å². The predicted octanol–water partition coefficient (Wildman–Crippen LogP) is 3.52. The zero-order valence-electron chi connectivity index (χ0n) is 23.0. The number of nitrogens with two attached hydrogens (primary N) is 1. The number of sulfonamides is 1. The van der Waals surface area contributed by atoms with E-state index in [1.165, 1.54) is 12.1 Å². The highest BCUT2D eigenvalue weighted by Crippen LogP contribution is 2.22. The molecule has 0 spiro atoms. The number of carbonyl (C=O) groups is 3. The molecule has 2 rings (SSSR count). The zero-order chi connectivity index (χ0) is 29.9. The maximum atomic E-state index is 13.1. The Morgan fingerprint density at radius 3 is 2.17 bits per heavy atom. The Labute approximate surface area is 240 Å². The molecule has 5 N–H and O–H groups in total. The highest BCUT2D eigenvalue weighted by atomic mass is 35.5. The van der Waals surface area contributed by atoms with Crippen LogP contribution in [0.2, 0.25) is 5.02 Å². The number of carboxylic acid groups (broad SMARTS) is 1. The molecule has 12 heteroatoms. The van der Waals surface area contributed by atoms with Gasteiger partial charge in [-0.05, 0) is 73.1 Å². The van der Waals surface area contributed by atoms with Crippen LogP contribution in [0.1, 0.15) is 52.0 Å². The molecule has 0 saturated heterocycles. The molecule has 0 saturated carbocycles. The van der Waals surface area contributed by atoms with E-state index in [1.54, 1.807) is 36.4 Å². The van der Waals surface area contributed by atoms with Gasteiger partial charge in [-0.2, -0.15) is 0 Å². The van der Waals surface area contributed by atoms with Gasteiger partial charge in [0.05, 0.1) is 17.9 Å². The number of aliphatic carboxylic acids is 1. The van der Waals surface area contributed by atoms with E-state index in [9.17, 15) is 27.9 Å². The van der Waals surface area contributed by atoms with Crippen LogP contribution in [0.5, 0.6) is 5.75 Å². The van der Waals surface area contributed by atoms with Crippen molar-refractivity contribution >= 4 is 39.4 Å². The third kappa shape index (κ3) is 11.5. The summed E-state index contributed by atoms with van der Waals surface area (Å²) in [4.78, 5) is 37.6. The monoisotopic (exact) mass is 595 g/mol. The Morgan fingerprint density at radius 1 is 1.00 bits per heavy atom. The molecule has 2 aromatic carbocycles. The number of hydrogen-bond donors (Lipinski definition) is 4. The molecule has 0 aliphatic carbocycles. The number of primary sulfonamides is 1. The van der Waals surface area contributed by atoms with Gasteiger partial charge in [0, 0.05) is 17.5 Å². The van der Waals surface area contributed by atoms with Crippen molar-refractivity contribution in [3.8, 4) is 5.75 Å². The lowest BCUT2D eigenvalue weighted by Gasteiger charge is -2.31. The second-order valence-corrected chi connectivity index (χ2v) is 12.6. The van der Waals surface area contributed by atoms with Crippen LogP contribution in [0.15, 0.2) is 53.4 Å². The number of amides is 2. The number of carbonyl (C=O) groups excluding carboxylic acids is 2. The number of hydrogen-bond acceptors (Lipinski definition) is 6. The van der Waals surface area contributed by atoms with Crippen molar-refractivity contribution in [1.82, 2.24) is 10.6 Å². The minimum Gasteiger partial charge on any atom is -0.494 e. The predicted molar refractivity (Wildman–Crippen MR) is 152 cm³/mol. The largest absolute Gasteiger partial charge is 0.494 e. The maximum Gasteiger partial charge on any atom is 0.304 e. The smallest absolute Gasteiger partial charge is 0.304 e. The van der Waals surface area contributed by atoms with Crippen LogP contribution >= 0.6 is 11.6 Å². The summed E-state index contributed by atoms with van der Waals surface area (Å²) < 4.78 is 28.5. The molecule has 0 unspecified atom stereocenters. The van der Waals surface area contributed by atoms with Gasteiger partial charge in [-0.1, -0.05) is 44.5 Å². The standard InChI is InChI=1S/C28H38ClN3O7S/c1-28(2,3)25(27(36)31-16-15-19-7-13-23(14-8-19)40(30,37)38)32-26(35)20(18-24(33)34)6-4-5-17-39-22-11-9-21(29)10-12-22/h7-14,20,25H,4-6,15-18H2,1-3H3,(H,31,36)(H,32,35)(H,33,34)(H2,30,37,38)/t20-,25-/m1/s1. The molecule has 0 radical (unpaired) electrons. The van der Waals surface area contributed by atoms with Crippen molar-refractivity contribution < 1.29 is 32.6 Å². The minimum atomic E-state index is -3.79. The quantitative estimate of drug-likeness (QED) is 0.229. The summed E-state index contributed by atoms with van der Waals surface area (Å²) in [6, 6.07) is 12.1. The topological polar surface area (TPSA) is 165 Å². The number of nitrogens with one attached hydrogen (secondary N) is 2. The number of rotatable bonds is 15. The molecule has 0 fully saturated rings. The zero-order valence-corrected chi connectivity index (χ0v) is 24.6. The fourth-order valence-corrected chi connectivity index (χ4v) is 4.61. The van der Waals surface area contributed by atoms with Crippen molar-refractivity contribution in [2.75, 3.05) is 13.2 Å². The lowest BCUT2D eigenvalue weighted by atomic mass is 9.85. The number of ether oxygens (including phenoxy) is 1. The lowest BCUT2D eigenvalue weighted by molar-refractivity contribution is -0.142. The fourth-order valence-electron chi connectivity index (χ4n) is 3.96. The number of benzene rings is 2. The van der Waals surface area contributed by atoms with E-state index in [1.807, 2.05) is 20.8 Å². The number of carboxylic acids is 1. The minimum absolute atomic E-state index is 0.000733. The second kappa shape index (κ2) is 15.0. The van der Waals surface area contributed by atoms with E-state index in [-0.39, 0.29) is 17.9 Å². The molecule has 10 nitrogen and oxygen atoms in total. The molecular weight excluding hydrogens is 558 g/mol.